The van der Waals surface area contributed by atoms with Crippen LogP contribution in [-0.2, 0) is 0 Å². The molecule has 10 heteroatoms. The summed E-state index contributed by atoms with van der Waals surface area (Å²) >= 11 is 0. The molecule has 0 amide bonds. The van der Waals surface area contributed by atoms with Crippen molar-refractivity contribution in [3.63, 3.8) is 0 Å². The second-order valence-corrected chi connectivity index (χ2v) is 4.10. The predicted molar refractivity (Wildman–Crippen MR) is 58.6 cm³/mol. The topological polar surface area (TPSA) is 47.3 Å². The van der Waals surface area contributed by atoms with Crippen LogP contribution in [0.25, 0.3) is 0 Å². The summed E-state index contributed by atoms with van der Waals surface area (Å²) in [6.07, 6.45) is -11.2. The highest BCUT2D eigenvalue weighted by molar-refractivity contribution is 5.31. The minimum absolute atomic E-state index is 0.315. The zero-order valence-corrected chi connectivity index (χ0v) is 10.5. The summed E-state index contributed by atoms with van der Waals surface area (Å²) in [4.78, 5) is 0. The summed E-state index contributed by atoms with van der Waals surface area (Å²) in [6.45, 7) is 0. The second kappa shape index (κ2) is 6.06. The maximum Gasteiger partial charge on any atom is 0.402 e. The number of nitrogens with one attached hydrogen (secondary N) is 1. The number of ether oxygens (including phenoxy) is 1. The van der Waals surface area contributed by atoms with Gasteiger partial charge in [0.15, 0.2) is 17.5 Å². The van der Waals surface area contributed by atoms with Gasteiger partial charge in [-0.25, -0.2) is 4.39 Å². The highest BCUT2D eigenvalue weighted by Crippen LogP contribution is 2.46. The Bertz CT molecular complexity index is 472. The number of hydrogen-bond donors (Lipinski definition) is 2. The predicted octanol–water partition coefficient (Wildman–Crippen LogP) is 3.08. The Balaban J connectivity index is 3.30. The maximum absolute atomic E-state index is 13.4. The van der Waals surface area contributed by atoms with Gasteiger partial charge in [0.2, 0.25) is 0 Å². The Hall–Kier alpha value is -1.55. The molecule has 3 nitrogen and oxygen atoms in total. The fourth-order valence-corrected chi connectivity index (χ4v) is 1.82. The summed E-state index contributed by atoms with van der Waals surface area (Å²) in [6, 6.07) is -0.0887. The molecule has 1 atom stereocenters. The molecular formula is C11H11F7N2O. The number of nitrogens with two attached hydrogens (primary N) is 1. The molecule has 0 saturated carbocycles. The van der Waals surface area contributed by atoms with Crippen LogP contribution in [0.15, 0.2) is 18.2 Å². The minimum atomic E-state index is -5.61. The van der Waals surface area contributed by atoms with Crippen LogP contribution in [0.5, 0.6) is 5.75 Å². The fraction of sp³-hybridized carbons (Fsp3) is 0.455. The van der Waals surface area contributed by atoms with Crippen molar-refractivity contribution in [1.29, 1.82) is 0 Å². The van der Waals surface area contributed by atoms with Gasteiger partial charge >= 0.3 is 12.4 Å². The molecule has 120 valence electrons. The first kappa shape index (κ1) is 17.5. The molecule has 0 saturated heterocycles. The van der Waals surface area contributed by atoms with E-state index in [4.69, 9.17) is 5.84 Å². The van der Waals surface area contributed by atoms with E-state index < -0.39 is 35.7 Å². The normalized spacial score (nSPS) is 14.4. The average molecular weight is 320 g/mol. The third kappa shape index (κ3) is 3.97. The quantitative estimate of drug-likeness (QED) is 0.509. The van der Waals surface area contributed by atoms with E-state index in [1.54, 1.807) is 0 Å². The van der Waals surface area contributed by atoms with Crippen molar-refractivity contribution in [2.45, 2.75) is 18.4 Å². The molecule has 0 heterocycles. The number of rotatable bonds is 4. The van der Waals surface area contributed by atoms with Crippen LogP contribution >= 0.6 is 0 Å². The molecule has 0 aliphatic carbocycles. The number of methoxy groups -OCH3 is 1. The number of halogens is 7. The van der Waals surface area contributed by atoms with Gasteiger partial charge in [0.1, 0.15) is 0 Å². The van der Waals surface area contributed by atoms with Gasteiger partial charge in [-0.3, -0.25) is 11.3 Å². The molecule has 0 spiro atoms. The molecule has 0 aliphatic heterocycles. The Morgan fingerprint density at radius 3 is 1.95 bits per heavy atom. The van der Waals surface area contributed by atoms with Crippen LogP contribution in [0.2, 0.25) is 0 Å². The van der Waals surface area contributed by atoms with Crippen molar-refractivity contribution in [3.8, 4) is 5.75 Å². The summed E-state index contributed by atoms with van der Waals surface area (Å²) in [5.74, 6) is -0.373. The van der Waals surface area contributed by atoms with Crippen molar-refractivity contribution in [3.05, 3.63) is 29.6 Å². The lowest BCUT2D eigenvalue weighted by atomic mass is 9.92. The van der Waals surface area contributed by atoms with E-state index in [0.717, 1.165) is 19.2 Å². The van der Waals surface area contributed by atoms with Gasteiger partial charge in [0.05, 0.1) is 13.2 Å². The summed E-state index contributed by atoms with van der Waals surface area (Å²) < 4.78 is 93.9. The van der Waals surface area contributed by atoms with Gasteiger partial charge < -0.3 is 4.74 Å². The Morgan fingerprint density at radius 2 is 1.62 bits per heavy atom. The first-order valence-corrected chi connectivity index (χ1v) is 5.45. The first-order valence-electron chi connectivity index (χ1n) is 5.45. The number of benzene rings is 1. The van der Waals surface area contributed by atoms with Gasteiger partial charge in [-0.15, -0.1) is 0 Å². The zero-order valence-electron chi connectivity index (χ0n) is 10.5. The van der Waals surface area contributed by atoms with Crippen molar-refractivity contribution >= 4 is 0 Å². The highest BCUT2D eigenvalue weighted by atomic mass is 19.4. The maximum atomic E-state index is 13.4. The van der Waals surface area contributed by atoms with Gasteiger partial charge in [-0.1, -0.05) is 6.07 Å². The monoisotopic (exact) mass is 320 g/mol. The lowest BCUT2D eigenvalue weighted by molar-refractivity contribution is -0.292. The standard InChI is InChI=1S/C11H11F7N2O/c1-21-7-3-2-5(4-6(7)12)8(20-19)9(10(13,14)15)11(16,17)18/h2-4,8-9,20H,19H2,1H3. The number of hydrazine groups is 1. The summed E-state index contributed by atoms with van der Waals surface area (Å²) in [7, 11) is 1.10. The highest BCUT2D eigenvalue weighted by Gasteiger charge is 2.60. The molecule has 0 radical (unpaired) electrons. The minimum Gasteiger partial charge on any atom is -0.494 e. The fourth-order valence-electron chi connectivity index (χ4n) is 1.82. The Kier molecular flexibility index (Phi) is 5.05. The average Bonchev–Trinajstić information content (AvgIpc) is 2.32. The zero-order chi connectivity index (χ0) is 16.4. The van der Waals surface area contributed by atoms with E-state index in [9.17, 15) is 30.7 Å². The molecule has 21 heavy (non-hydrogen) atoms. The van der Waals surface area contributed by atoms with E-state index in [1.807, 2.05) is 0 Å². The van der Waals surface area contributed by atoms with Crippen molar-refractivity contribution in [1.82, 2.24) is 5.43 Å². The van der Waals surface area contributed by atoms with Gasteiger partial charge in [-0.2, -0.15) is 26.3 Å². The Labute approximate surface area is 114 Å². The molecule has 1 unspecified atom stereocenters. The summed E-state index contributed by atoms with van der Waals surface area (Å²) in [5, 5.41) is 0. The molecule has 1 rings (SSSR count). The van der Waals surface area contributed by atoms with Crippen LogP contribution < -0.4 is 16.0 Å². The largest absolute Gasteiger partial charge is 0.494 e. The van der Waals surface area contributed by atoms with Crippen LogP contribution in [0.1, 0.15) is 11.6 Å². The van der Waals surface area contributed by atoms with E-state index >= 15 is 0 Å². The van der Waals surface area contributed by atoms with E-state index in [0.29, 0.717) is 6.07 Å². The molecule has 0 aliphatic rings. The van der Waals surface area contributed by atoms with Crippen molar-refractivity contribution in [2.75, 3.05) is 7.11 Å². The second-order valence-electron chi connectivity index (χ2n) is 4.10. The smallest absolute Gasteiger partial charge is 0.402 e. The molecule has 0 aromatic heterocycles. The summed E-state index contributed by atoms with van der Waals surface area (Å²) in [5.41, 5.74) is 0.847. The van der Waals surface area contributed by atoms with Crippen LogP contribution in [0.4, 0.5) is 30.7 Å². The number of alkyl halides is 6. The molecule has 1 aromatic carbocycles. The van der Waals surface area contributed by atoms with Crippen LogP contribution in [0, 0.1) is 11.7 Å². The first-order chi connectivity index (χ1) is 9.52. The van der Waals surface area contributed by atoms with E-state index in [-0.39, 0.29) is 5.75 Å². The third-order valence-corrected chi connectivity index (χ3v) is 2.75. The SMILES string of the molecule is COc1ccc(C(NN)C(C(F)(F)F)C(F)(F)F)cc1F. The molecular weight excluding hydrogens is 309 g/mol. The molecule has 0 fully saturated rings. The molecule has 0 bridgehead atoms. The van der Waals surface area contributed by atoms with Gasteiger partial charge in [0.25, 0.3) is 0 Å². The third-order valence-electron chi connectivity index (χ3n) is 2.75. The van der Waals surface area contributed by atoms with Crippen LogP contribution in [-0.4, -0.2) is 19.5 Å². The lowest BCUT2D eigenvalue weighted by Crippen LogP contribution is -2.47. The number of hydrogen-bond acceptors (Lipinski definition) is 3. The van der Waals surface area contributed by atoms with E-state index in [1.165, 1.54) is 5.43 Å². The van der Waals surface area contributed by atoms with Gasteiger partial charge in [0, 0.05) is 0 Å². The van der Waals surface area contributed by atoms with Crippen molar-refractivity contribution in [2.24, 2.45) is 11.8 Å². The molecule has 1 aromatic rings. The molecule has 3 N–H and O–H groups in total. The lowest BCUT2D eigenvalue weighted by Gasteiger charge is -2.30. The van der Waals surface area contributed by atoms with Crippen molar-refractivity contribution < 1.29 is 35.5 Å². The van der Waals surface area contributed by atoms with Crippen LogP contribution in [0.3, 0.4) is 0 Å². The Morgan fingerprint density at radius 1 is 1.10 bits per heavy atom. The van der Waals surface area contributed by atoms with E-state index in [2.05, 4.69) is 4.74 Å². The van der Waals surface area contributed by atoms with Gasteiger partial charge in [-0.05, 0) is 17.7 Å².